The van der Waals surface area contributed by atoms with E-state index in [1.165, 1.54) is 32.6 Å². The number of nitrogens with one attached hydrogen (secondary N) is 1. The molecule has 0 aromatic heterocycles. The number of halogens is 1. The molecule has 0 unspecified atom stereocenters. The van der Waals surface area contributed by atoms with Crippen LogP contribution in [0.25, 0.3) is 0 Å². The van der Waals surface area contributed by atoms with Crippen LogP contribution in [0.15, 0.2) is 35.4 Å². The first kappa shape index (κ1) is 17.6. The van der Waals surface area contributed by atoms with Crippen molar-refractivity contribution in [2.75, 3.05) is 19.6 Å². The Morgan fingerprint density at radius 3 is 2.46 bits per heavy atom. The molecular weight excluding hydrogens is 334 g/mol. The van der Waals surface area contributed by atoms with Gasteiger partial charge in [0.05, 0.1) is 42.7 Å². The van der Waals surface area contributed by atoms with E-state index in [4.69, 9.17) is 21.1 Å². The number of nitro benzene ring substituents is 1. The van der Waals surface area contributed by atoms with E-state index in [9.17, 15) is 10.1 Å². The highest BCUT2D eigenvalue weighted by Gasteiger charge is 2.18. The lowest BCUT2D eigenvalue weighted by Gasteiger charge is -2.08. The quantitative estimate of drug-likeness (QED) is 0.483. The Labute approximate surface area is 144 Å². The number of rotatable bonds is 6. The predicted molar refractivity (Wildman–Crippen MR) is 93.6 cm³/mol. The van der Waals surface area contributed by atoms with Gasteiger partial charge in [-0.05, 0) is 30.7 Å². The average molecular weight is 350 g/mol. The Morgan fingerprint density at radius 1 is 1.21 bits per heavy atom. The van der Waals surface area contributed by atoms with Crippen LogP contribution in [-0.4, -0.2) is 25.4 Å². The maximum Gasteiger partial charge on any atom is 0.282 e. The van der Waals surface area contributed by atoms with Crippen LogP contribution in [0.4, 0.5) is 11.4 Å². The van der Waals surface area contributed by atoms with Gasteiger partial charge in [-0.1, -0.05) is 17.7 Å². The molecule has 0 radical (unpaired) electrons. The number of benzene rings is 2. The highest BCUT2D eigenvalue weighted by Crippen LogP contribution is 2.33. The molecule has 2 rings (SSSR count). The first-order chi connectivity index (χ1) is 11.5. The fourth-order valence-corrected chi connectivity index (χ4v) is 2.16. The fraction of sp³-hybridized carbons (Fsp3) is 0.188. The SMILES string of the molecule is COc1cc(C=NNc2ccc(C)c(Cl)c2)c([N+](=O)[O-])cc1OC. The number of hydrazone groups is 1. The highest BCUT2D eigenvalue weighted by molar-refractivity contribution is 6.31. The number of hydrogen-bond acceptors (Lipinski definition) is 6. The van der Waals surface area contributed by atoms with Crippen molar-refractivity contribution in [3.05, 3.63) is 56.6 Å². The van der Waals surface area contributed by atoms with Crippen molar-refractivity contribution in [1.29, 1.82) is 0 Å². The molecule has 24 heavy (non-hydrogen) atoms. The molecule has 126 valence electrons. The van der Waals surface area contributed by atoms with E-state index < -0.39 is 4.92 Å². The molecule has 8 heteroatoms. The topological polar surface area (TPSA) is 86.0 Å². The van der Waals surface area contributed by atoms with E-state index in [-0.39, 0.29) is 17.0 Å². The van der Waals surface area contributed by atoms with Crippen LogP contribution in [0.1, 0.15) is 11.1 Å². The van der Waals surface area contributed by atoms with Crippen LogP contribution >= 0.6 is 11.6 Å². The fourth-order valence-electron chi connectivity index (χ4n) is 1.98. The molecule has 7 nitrogen and oxygen atoms in total. The number of nitrogens with zero attached hydrogens (tertiary/aromatic N) is 2. The molecular formula is C16H16ClN3O4. The van der Waals surface area contributed by atoms with Crippen molar-refractivity contribution < 1.29 is 14.4 Å². The largest absolute Gasteiger partial charge is 0.493 e. The lowest BCUT2D eigenvalue weighted by atomic mass is 10.1. The third-order valence-corrected chi connectivity index (χ3v) is 3.71. The molecule has 0 saturated carbocycles. The molecule has 0 atom stereocenters. The van der Waals surface area contributed by atoms with E-state index >= 15 is 0 Å². The summed E-state index contributed by atoms with van der Waals surface area (Å²) in [5.74, 6) is 0.655. The van der Waals surface area contributed by atoms with Gasteiger partial charge < -0.3 is 9.47 Å². The Kier molecular flexibility index (Phi) is 5.59. The van der Waals surface area contributed by atoms with E-state index in [1.807, 2.05) is 19.1 Å². The molecule has 1 N–H and O–H groups in total. The summed E-state index contributed by atoms with van der Waals surface area (Å²) in [6.07, 6.45) is 1.34. The Bertz CT molecular complexity index is 793. The van der Waals surface area contributed by atoms with Gasteiger partial charge in [-0.2, -0.15) is 5.10 Å². The van der Waals surface area contributed by atoms with Crippen LogP contribution in [0.3, 0.4) is 0 Å². The third kappa shape index (κ3) is 3.94. The summed E-state index contributed by atoms with van der Waals surface area (Å²) in [6, 6.07) is 8.16. The first-order valence-corrected chi connectivity index (χ1v) is 7.29. The second kappa shape index (κ2) is 7.65. The van der Waals surface area contributed by atoms with E-state index in [2.05, 4.69) is 10.5 Å². The first-order valence-electron chi connectivity index (χ1n) is 6.92. The van der Waals surface area contributed by atoms with Crippen molar-refractivity contribution in [2.24, 2.45) is 5.10 Å². The lowest BCUT2D eigenvalue weighted by Crippen LogP contribution is -2.00. The summed E-state index contributed by atoms with van der Waals surface area (Å²) in [5.41, 5.74) is 4.54. The molecule has 0 aliphatic carbocycles. The number of methoxy groups -OCH3 is 2. The standard InChI is InChI=1S/C16H16ClN3O4/c1-10-4-5-12(7-13(10)17)19-18-9-11-6-15(23-2)16(24-3)8-14(11)20(21)22/h4-9,19H,1-3H3. The number of ether oxygens (including phenoxy) is 2. The molecule has 0 spiro atoms. The summed E-state index contributed by atoms with van der Waals surface area (Å²) in [4.78, 5) is 10.7. The molecule has 2 aromatic rings. The minimum Gasteiger partial charge on any atom is -0.493 e. The maximum absolute atomic E-state index is 11.2. The van der Waals surface area contributed by atoms with Gasteiger partial charge in [0, 0.05) is 5.02 Å². The highest BCUT2D eigenvalue weighted by atomic mass is 35.5. The van der Waals surface area contributed by atoms with Gasteiger partial charge >= 0.3 is 0 Å². The van der Waals surface area contributed by atoms with Crippen LogP contribution in [0.2, 0.25) is 5.02 Å². The molecule has 0 saturated heterocycles. The lowest BCUT2D eigenvalue weighted by molar-refractivity contribution is -0.385. The molecule has 0 bridgehead atoms. The van der Waals surface area contributed by atoms with Crippen LogP contribution in [0, 0.1) is 17.0 Å². The van der Waals surface area contributed by atoms with Crippen LogP contribution in [0.5, 0.6) is 11.5 Å². The maximum atomic E-state index is 11.2. The van der Waals surface area contributed by atoms with Crippen molar-refractivity contribution in [2.45, 2.75) is 6.92 Å². The van der Waals surface area contributed by atoms with Crippen molar-refractivity contribution in [3.8, 4) is 11.5 Å². The normalized spacial score (nSPS) is 10.7. The summed E-state index contributed by atoms with van der Waals surface area (Å²) in [7, 11) is 2.87. The van der Waals surface area contributed by atoms with Gasteiger partial charge in [-0.25, -0.2) is 0 Å². The summed E-state index contributed by atoms with van der Waals surface area (Å²) < 4.78 is 10.2. The van der Waals surface area contributed by atoms with Gasteiger partial charge in [0.2, 0.25) is 0 Å². The molecule has 0 aliphatic rings. The third-order valence-electron chi connectivity index (χ3n) is 3.30. The van der Waals surface area contributed by atoms with Crippen molar-refractivity contribution in [1.82, 2.24) is 0 Å². The van der Waals surface area contributed by atoms with E-state index in [1.54, 1.807) is 6.07 Å². The summed E-state index contributed by atoms with van der Waals surface area (Å²) in [5, 5.41) is 15.8. The number of hydrogen-bond donors (Lipinski definition) is 1. The average Bonchev–Trinajstić information content (AvgIpc) is 2.57. The Hall–Kier alpha value is -2.80. The minimum atomic E-state index is -0.508. The number of nitro groups is 1. The zero-order valence-electron chi connectivity index (χ0n) is 13.4. The number of aryl methyl sites for hydroxylation is 1. The van der Waals surface area contributed by atoms with Gasteiger partial charge in [0.1, 0.15) is 0 Å². The molecule has 0 amide bonds. The number of anilines is 1. The van der Waals surface area contributed by atoms with Crippen LogP contribution in [-0.2, 0) is 0 Å². The Morgan fingerprint density at radius 2 is 1.88 bits per heavy atom. The second-order valence-electron chi connectivity index (χ2n) is 4.86. The van der Waals surface area contributed by atoms with Gasteiger partial charge in [0.15, 0.2) is 11.5 Å². The minimum absolute atomic E-state index is 0.139. The van der Waals surface area contributed by atoms with Gasteiger partial charge in [-0.15, -0.1) is 0 Å². The van der Waals surface area contributed by atoms with Crippen molar-refractivity contribution >= 4 is 29.2 Å². The zero-order chi connectivity index (χ0) is 17.7. The molecule has 0 aliphatic heterocycles. The summed E-state index contributed by atoms with van der Waals surface area (Å²) in [6.45, 7) is 1.89. The smallest absolute Gasteiger partial charge is 0.282 e. The van der Waals surface area contributed by atoms with Crippen molar-refractivity contribution in [3.63, 3.8) is 0 Å². The van der Waals surface area contributed by atoms with Gasteiger partial charge in [-0.3, -0.25) is 15.5 Å². The monoisotopic (exact) mass is 349 g/mol. The molecule has 0 fully saturated rings. The van der Waals surface area contributed by atoms with E-state index in [0.29, 0.717) is 16.5 Å². The summed E-state index contributed by atoms with van der Waals surface area (Å²) >= 11 is 6.04. The van der Waals surface area contributed by atoms with E-state index in [0.717, 1.165) is 5.56 Å². The molecule has 2 aromatic carbocycles. The predicted octanol–water partition coefficient (Wildman–Crippen LogP) is 4.02. The van der Waals surface area contributed by atoms with Crippen LogP contribution < -0.4 is 14.9 Å². The van der Waals surface area contributed by atoms with Gasteiger partial charge in [0.25, 0.3) is 5.69 Å². The zero-order valence-corrected chi connectivity index (χ0v) is 14.1. The molecule has 0 heterocycles. The second-order valence-corrected chi connectivity index (χ2v) is 5.26. The Balaban J connectivity index is 2.29.